The molecule has 82 valence electrons. The van der Waals surface area contributed by atoms with Gasteiger partial charge in [-0.3, -0.25) is 9.69 Å². The van der Waals surface area contributed by atoms with E-state index in [1.54, 1.807) is 0 Å². The number of carbonyl (C=O) groups excluding carboxylic acids is 1. The van der Waals surface area contributed by atoms with Crippen LogP contribution in [0.1, 0.15) is 38.5 Å². The Balaban J connectivity index is 1.97. The van der Waals surface area contributed by atoms with Gasteiger partial charge >= 0.3 is 0 Å². The number of nitrogens with zero attached hydrogens (tertiary/aromatic N) is 1. The van der Waals surface area contributed by atoms with Crippen molar-refractivity contribution in [3.63, 3.8) is 0 Å². The molecule has 0 unspecified atom stereocenters. The van der Waals surface area contributed by atoms with Crippen LogP contribution in [0.3, 0.4) is 0 Å². The van der Waals surface area contributed by atoms with Crippen LogP contribution in [-0.2, 0) is 4.79 Å². The summed E-state index contributed by atoms with van der Waals surface area (Å²) in [5, 5.41) is 8.59. The van der Waals surface area contributed by atoms with Crippen molar-refractivity contribution in [2.75, 3.05) is 26.2 Å². The fraction of sp³-hybridized carbons (Fsp3) is 0.909. The molecular formula is C11H21NO2. The van der Waals surface area contributed by atoms with E-state index in [1.807, 2.05) is 0 Å². The lowest BCUT2D eigenvalue weighted by Gasteiger charge is -2.25. The Kier molecular flexibility index (Phi) is 5.80. The van der Waals surface area contributed by atoms with E-state index in [1.165, 1.54) is 6.42 Å². The van der Waals surface area contributed by atoms with Gasteiger partial charge in [0, 0.05) is 13.0 Å². The molecule has 0 radical (unpaired) electrons. The second kappa shape index (κ2) is 6.96. The van der Waals surface area contributed by atoms with Crippen molar-refractivity contribution in [3.8, 4) is 0 Å². The van der Waals surface area contributed by atoms with Crippen LogP contribution in [0, 0.1) is 0 Å². The summed E-state index contributed by atoms with van der Waals surface area (Å²) < 4.78 is 0. The quantitative estimate of drug-likeness (QED) is 0.654. The Morgan fingerprint density at radius 3 is 2.71 bits per heavy atom. The Labute approximate surface area is 86.1 Å². The summed E-state index contributed by atoms with van der Waals surface area (Å²) in [5.74, 6) is 0.395. The molecule has 14 heavy (non-hydrogen) atoms. The molecule has 1 heterocycles. The molecule has 0 amide bonds. The fourth-order valence-electron chi connectivity index (χ4n) is 1.90. The lowest BCUT2D eigenvalue weighted by molar-refractivity contribution is -0.122. The average molecular weight is 199 g/mol. The van der Waals surface area contributed by atoms with Crippen molar-refractivity contribution in [1.29, 1.82) is 0 Å². The first-order valence-electron chi connectivity index (χ1n) is 5.68. The molecule has 0 saturated carbocycles. The zero-order valence-electron chi connectivity index (χ0n) is 8.87. The van der Waals surface area contributed by atoms with Crippen LogP contribution in [0.4, 0.5) is 0 Å². The summed E-state index contributed by atoms with van der Waals surface area (Å²) in [5.41, 5.74) is 0. The van der Waals surface area contributed by atoms with Crippen molar-refractivity contribution < 1.29 is 9.90 Å². The van der Waals surface area contributed by atoms with Crippen LogP contribution in [-0.4, -0.2) is 42.0 Å². The zero-order valence-corrected chi connectivity index (χ0v) is 8.87. The van der Waals surface area contributed by atoms with Crippen molar-refractivity contribution in [2.45, 2.75) is 38.5 Å². The second-order valence-electron chi connectivity index (χ2n) is 4.06. The number of aliphatic hydroxyl groups excluding tert-OH is 1. The monoisotopic (exact) mass is 199 g/mol. The molecule has 1 fully saturated rings. The SMILES string of the molecule is O=C1CCCN(CCCCCCO)C1. The number of hydrogen-bond donors (Lipinski definition) is 1. The van der Waals surface area contributed by atoms with Gasteiger partial charge in [-0.2, -0.15) is 0 Å². The van der Waals surface area contributed by atoms with Gasteiger partial charge in [0.1, 0.15) is 5.78 Å². The maximum atomic E-state index is 11.1. The number of aliphatic hydroxyl groups is 1. The van der Waals surface area contributed by atoms with Gasteiger partial charge < -0.3 is 5.11 Å². The molecule has 0 bridgehead atoms. The molecule has 0 aliphatic carbocycles. The normalized spacial score (nSPS) is 18.8. The van der Waals surface area contributed by atoms with Gasteiger partial charge in [-0.05, 0) is 32.4 Å². The Hall–Kier alpha value is -0.410. The summed E-state index contributed by atoms with van der Waals surface area (Å²) in [6.07, 6.45) is 6.17. The Morgan fingerprint density at radius 1 is 1.21 bits per heavy atom. The highest BCUT2D eigenvalue weighted by molar-refractivity contribution is 5.81. The predicted octanol–water partition coefficient (Wildman–Crippen LogP) is 1.20. The molecule has 0 atom stereocenters. The van der Waals surface area contributed by atoms with E-state index in [0.29, 0.717) is 18.9 Å². The molecule has 3 nitrogen and oxygen atoms in total. The van der Waals surface area contributed by atoms with Gasteiger partial charge in [0.25, 0.3) is 0 Å². The summed E-state index contributed by atoms with van der Waals surface area (Å²) in [6.45, 7) is 3.12. The van der Waals surface area contributed by atoms with Crippen LogP contribution in [0.15, 0.2) is 0 Å². The maximum Gasteiger partial charge on any atom is 0.146 e. The van der Waals surface area contributed by atoms with Crippen LogP contribution in [0.5, 0.6) is 0 Å². The number of rotatable bonds is 6. The number of carbonyl (C=O) groups is 1. The fourth-order valence-corrected chi connectivity index (χ4v) is 1.90. The lowest BCUT2D eigenvalue weighted by atomic mass is 10.1. The minimum Gasteiger partial charge on any atom is -0.396 e. The minimum absolute atomic E-state index is 0.308. The Bertz CT molecular complexity index is 171. The highest BCUT2D eigenvalue weighted by Gasteiger charge is 2.15. The van der Waals surface area contributed by atoms with E-state index < -0.39 is 0 Å². The molecule has 3 heteroatoms. The highest BCUT2D eigenvalue weighted by atomic mass is 16.2. The van der Waals surface area contributed by atoms with E-state index in [0.717, 1.165) is 45.2 Å². The van der Waals surface area contributed by atoms with E-state index in [2.05, 4.69) is 4.90 Å². The van der Waals surface area contributed by atoms with Gasteiger partial charge in [-0.15, -0.1) is 0 Å². The predicted molar refractivity (Wildman–Crippen MR) is 56.2 cm³/mol. The van der Waals surface area contributed by atoms with Gasteiger partial charge in [0.2, 0.25) is 0 Å². The molecule has 1 N–H and O–H groups in total. The molecule has 0 spiro atoms. The molecule has 1 saturated heterocycles. The summed E-state index contributed by atoms with van der Waals surface area (Å²) in [4.78, 5) is 13.4. The van der Waals surface area contributed by atoms with Crippen molar-refractivity contribution in [2.24, 2.45) is 0 Å². The number of ketones is 1. The van der Waals surface area contributed by atoms with Crippen molar-refractivity contribution >= 4 is 5.78 Å². The topological polar surface area (TPSA) is 40.5 Å². The standard InChI is InChI=1S/C11H21NO2/c13-9-4-2-1-3-7-12-8-5-6-11(14)10-12/h13H,1-10H2. The van der Waals surface area contributed by atoms with E-state index in [9.17, 15) is 4.79 Å². The van der Waals surface area contributed by atoms with Crippen molar-refractivity contribution in [3.05, 3.63) is 0 Å². The summed E-state index contributed by atoms with van der Waals surface area (Å²) >= 11 is 0. The Morgan fingerprint density at radius 2 is 2.00 bits per heavy atom. The van der Waals surface area contributed by atoms with Crippen LogP contribution in [0.25, 0.3) is 0 Å². The first-order chi connectivity index (χ1) is 6.83. The van der Waals surface area contributed by atoms with E-state index in [-0.39, 0.29) is 0 Å². The van der Waals surface area contributed by atoms with Gasteiger partial charge in [-0.25, -0.2) is 0 Å². The molecule has 0 aromatic carbocycles. The summed E-state index contributed by atoms with van der Waals surface area (Å²) in [6, 6.07) is 0. The summed E-state index contributed by atoms with van der Waals surface area (Å²) in [7, 11) is 0. The number of hydrogen-bond acceptors (Lipinski definition) is 3. The lowest BCUT2D eigenvalue weighted by Crippen LogP contribution is -2.36. The number of piperidine rings is 1. The van der Waals surface area contributed by atoms with Gasteiger partial charge in [-0.1, -0.05) is 12.8 Å². The third-order valence-corrected chi connectivity index (χ3v) is 2.71. The third-order valence-electron chi connectivity index (χ3n) is 2.71. The molecule has 1 aliphatic heterocycles. The smallest absolute Gasteiger partial charge is 0.146 e. The first-order valence-corrected chi connectivity index (χ1v) is 5.68. The highest BCUT2D eigenvalue weighted by Crippen LogP contribution is 2.08. The molecular weight excluding hydrogens is 178 g/mol. The van der Waals surface area contributed by atoms with Crippen molar-refractivity contribution in [1.82, 2.24) is 4.90 Å². The molecule has 1 rings (SSSR count). The minimum atomic E-state index is 0.308. The van der Waals surface area contributed by atoms with Crippen LogP contribution in [0.2, 0.25) is 0 Å². The first kappa shape index (κ1) is 11.7. The van der Waals surface area contributed by atoms with Crippen LogP contribution < -0.4 is 0 Å². The van der Waals surface area contributed by atoms with Gasteiger partial charge in [0.05, 0.1) is 6.54 Å². The number of likely N-dealkylation sites (tertiary alicyclic amines) is 1. The molecule has 0 aromatic rings. The number of Topliss-reactive ketones (excluding diaryl/α,β-unsaturated/α-hetero) is 1. The maximum absolute atomic E-state index is 11.1. The van der Waals surface area contributed by atoms with Gasteiger partial charge in [0.15, 0.2) is 0 Å². The van der Waals surface area contributed by atoms with Crippen LogP contribution >= 0.6 is 0 Å². The van der Waals surface area contributed by atoms with E-state index in [4.69, 9.17) is 5.11 Å². The molecule has 0 aromatic heterocycles. The second-order valence-corrected chi connectivity index (χ2v) is 4.06. The van der Waals surface area contributed by atoms with E-state index >= 15 is 0 Å². The number of unbranched alkanes of at least 4 members (excludes halogenated alkanes) is 3. The third kappa shape index (κ3) is 4.72. The average Bonchev–Trinajstić information content (AvgIpc) is 2.18. The largest absolute Gasteiger partial charge is 0.396 e. The zero-order chi connectivity index (χ0) is 10.2. The molecule has 1 aliphatic rings.